The fourth-order valence-electron chi connectivity index (χ4n) is 4.13. The average molecular weight is 374 g/mol. The molecule has 146 valence electrons. The topological polar surface area (TPSA) is 87.1 Å². The van der Waals surface area contributed by atoms with E-state index in [9.17, 15) is 14.4 Å². The van der Waals surface area contributed by atoms with Crippen LogP contribution in [-0.4, -0.2) is 65.0 Å². The van der Waals surface area contributed by atoms with Gasteiger partial charge in [0.2, 0.25) is 11.8 Å². The molecule has 0 aliphatic carbocycles. The molecule has 7 heteroatoms. The molecular formula is C20H26N2O5. The van der Waals surface area contributed by atoms with Crippen LogP contribution < -0.4 is 0 Å². The van der Waals surface area contributed by atoms with Gasteiger partial charge in [-0.3, -0.25) is 14.4 Å². The number of hydrogen-bond acceptors (Lipinski definition) is 4. The van der Waals surface area contributed by atoms with E-state index >= 15 is 0 Å². The summed E-state index contributed by atoms with van der Waals surface area (Å²) in [5, 5.41) is 9.14. The summed E-state index contributed by atoms with van der Waals surface area (Å²) >= 11 is 0. The van der Waals surface area contributed by atoms with Gasteiger partial charge in [-0.1, -0.05) is 30.3 Å². The quantitative estimate of drug-likeness (QED) is 0.819. The van der Waals surface area contributed by atoms with E-state index in [1.165, 1.54) is 0 Å². The molecule has 4 unspecified atom stereocenters. The number of likely N-dealkylation sites (tertiary alicyclic amines) is 2. The molecule has 27 heavy (non-hydrogen) atoms. The summed E-state index contributed by atoms with van der Waals surface area (Å²) < 4.78 is 5.34. The minimum atomic E-state index is -0.934. The molecule has 7 nitrogen and oxygen atoms in total. The van der Waals surface area contributed by atoms with E-state index in [0.29, 0.717) is 19.5 Å². The Morgan fingerprint density at radius 1 is 1.26 bits per heavy atom. The summed E-state index contributed by atoms with van der Waals surface area (Å²) in [5.41, 5.74) is 1.03. The van der Waals surface area contributed by atoms with Crippen LogP contribution >= 0.6 is 0 Å². The summed E-state index contributed by atoms with van der Waals surface area (Å²) in [5.74, 6) is -1.55. The lowest BCUT2D eigenvalue weighted by Gasteiger charge is -2.28. The second-order valence-corrected chi connectivity index (χ2v) is 7.37. The lowest BCUT2D eigenvalue weighted by atomic mass is 10.0. The molecule has 2 aliphatic heterocycles. The number of amides is 2. The molecule has 0 bridgehead atoms. The molecule has 2 amide bonds. The monoisotopic (exact) mass is 374 g/mol. The summed E-state index contributed by atoms with van der Waals surface area (Å²) in [6.45, 7) is 2.71. The number of rotatable bonds is 6. The second kappa shape index (κ2) is 8.08. The molecule has 2 aliphatic rings. The van der Waals surface area contributed by atoms with Crippen LogP contribution in [0.1, 0.15) is 37.8 Å². The molecular weight excluding hydrogens is 348 g/mol. The second-order valence-electron chi connectivity index (χ2n) is 7.37. The van der Waals surface area contributed by atoms with Gasteiger partial charge in [0.25, 0.3) is 0 Å². The van der Waals surface area contributed by atoms with E-state index in [1.54, 1.807) is 16.9 Å². The van der Waals surface area contributed by atoms with Gasteiger partial charge in [0.1, 0.15) is 0 Å². The first kappa shape index (κ1) is 19.4. The Balaban J connectivity index is 1.70. The van der Waals surface area contributed by atoms with Gasteiger partial charge in [-0.15, -0.1) is 0 Å². The fraction of sp³-hybridized carbons (Fsp3) is 0.550. The number of carboxylic acids is 1. The summed E-state index contributed by atoms with van der Waals surface area (Å²) in [7, 11) is 1.57. The zero-order valence-corrected chi connectivity index (χ0v) is 15.7. The molecule has 1 aromatic rings. The molecule has 0 spiro atoms. The normalized spacial score (nSPS) is 26.4. The van der Waals surface area contributed by atoms with Crippen molar-refractivity contribution >= 4 is 17.8 Å². The third kappa shape index (κ3) is 4.13. The maximum Gasteiger partial charge on any atom is 0.305 e. The molecule has 2 saturated heterocycles. The average Bonchev–Trinajstić information content (AvgIpc) is 3.24. The first-order valence-corrected chi connectivity index (χ1v) is 9.30. The highest BCUT2D eigenvalue weighted by molar-refractivity contribution is 5.90. The van der Waals surface area contributed by atoms with Crippen molar-refractivity contribution in [1.82, 2.24) is 9.80 Å². The van der Waals surface area contributed by atoms with Crippen LogP contribution in [0.5, 0.6) is 0 Å². The van der Waals surface area contributed by atoms with Crippen LogP contribution in [0.25, 0.3) is 0 Å². The van der Waals surface area contributed by atoms with Crippen LogP contribution in [0.2, 0.25) is 0 Å². The summed E-state index contributed by atoms with van der Waals surface area (Å²) in [6, 6.07) is 9.25. The Labute approximate surface area is 158 Å². The Kier molecular flexibility index (Phi) is 5.79. The van der Waals surface area contributed by atoms with Gasteiger partial charge in [-0.05, 0) is 18.9 Å². The number of hydrogen-bond donors (Lipinski definition) is 1. The molecule has 1 N–H and O–H groups in total. The van der Waals surface area contributed by atoms with Gasteiger partial charge in [0.05, 0.1) is 24.5 Å². The van der Waals surface area contributed by atoms with Crippen LogP contribution in [0, 0.1) is 5.92 Å². The SMILES string of the molecule is COC1CC(CC(=O)O)N(C(=O)C2CC(=O)N(C(C)c3ccccc3)C2)C1. The molecule has 2 heterocycles. The minimum absolute atomic E-state index is 0.0398. The van der Waals surface area contributed by atoms with Crippen molar-refractivity contribution in [2.75, 3.05) is 20.2 Å². The Hall–Kier alpha value is -2.41. The maximum absolute atomic E-state index is 13.0. The fourth-order valence-corrected chi connectivity index (χ4v) is 4.13. The number of benzene rings is 1. The van der Waals surface area contributed by atoms with Crippen molar-refractivity contribution in [3.8, 4) is 0 Å². The lowest BCUT2D eigenvalue weighted by molar-refractivity contribution is -0.141. The van der Waals surface area contributed by atoms with E-state index in [1.807, 2.05) is 37.3 Å². The van der Waals surface area contributed by atoms with E-state index < -0.39 is 11.9 Å². The maximum atomic E-state index is 13.0. The zero-order valence-electron chi connectivity index (χ0n) is 15.7. The molecule has 3 rings (SSSR count). The van der Waals surface area contributed by atoms with Crippen LogP contribution in [-0.2, 0) is 19.1 Å². The standard InChI is InChI=1S/C20H26N2O5/c1-13(14-6-4-3-5-7-14)21-11-15(8-18(21)23)20(26)22-12-17(27-2)9-16(22)10-19(24)25/h3-7,13,15-17H,8-12H2,1-2H3,(H,24,25). The zero-order chi connectivity index (χ0) is 19.6. The highest BCUT2D eigenvalue weighted by Gasteiger charge is 2.43. The van der Waals surface area contributed by atoms with Crippen LogP contribution in [0.4, 0.5) is 0 Å². The number of carbonyl (C=O) groups is 3. The number of ether oxygens (including phenoxy) is 1. The predicted octanol–water partition coefficient (Wildman–Crippen LogP) is 1.69. The van der Waals surface area contributed by atoms with Gasteiger partial charge < -0.3 is 19.6 Å². The van der Waals surface area contributed by atoms with Gasteiger partial charge in [0.15, 0.2) is 0 Å². The van der Waals surface area contributed by atoms with E-state index in [2.05, 4.69) is 0 Å². The van der Waals surface area contributed by atoms with Gasteiger partial charge in [-0.25, -0.2) is 0 Å². The Morgan fingerprint density at radius 3 is 2.59 bits per heavy atom. The Bertz CT molecular complexity index is 708. The van der Waals surface area contributed by atoms with E-state index in [4.69, 9.17) is 9.84 Å². The van der Waals surface area contributed by atoms with Gasteiger partial charge >= 0.3 is 5.97 Å². The smallest absolute Gasteiger partial charge is 0.305 e. The molecule has 2 fully saturated rings. The van der Waals surface area contributed by atoms with Crippen LogP contribution in [0.3, 0.4) is 0 Å². The molecule has 0 aromatic heterocycles. The minimum Gasteiger partial charge on any atom is -0.481 e. The predicted molar refractivity (Wildman–Crippen MR) is 97.8 cm³/mol. The van der Waals surface area contributed by atoms with E-state index in [0.717, 1.165) is 5.56 Å². The lowest BCUT2D eigenvalue weighted by Crippen LogP contribution is -2.42. The molecule has 1 aromatic carbocycles. The third-order valence-electron chi connectivity index (χ3n) is 5.66. The van der Waals surface area contributed by atoms with Gasteiger partial charge in [0, 0.05) is 32.7 Å². The van der Waals surface area contributed by atoms with Crippen molar-refractivity contribution in [2.24, 2.45) is 5.92 Å². The molecule has 4 atom stereocenters. The van der Waals surface area contributed by atoms with E-state index in [-0.39, 0.29) is 42.8 Å². The Morgan fingerprint density at radius 2 is 1.96 bits per heavy atom. The largest absolute Gasteiger partial charge is 0.481 e. The van der Waals surface area contributed by atoms with Gasteiger partial charge in [-0.2, -0.15) is 0 Å². The highest BCUT2D eigenvalue weighted by atomic mass is 16.5. The van der Waals surface area contributed by atoms with Crippen molar-refractivity contribution in [3.05, 3.63) is 35.9 Å². The number of methoxy groups -OCH3 is 1. The number of carboxylic acid groups (broad SMARTS) is 1. The number of carbonyl (C=O) groups excluding carboxylic acids is 2. The highest BCUT2D eigenvalue weighted by Crippen LogP contribution is 2.32. The van der Waals surface area contributed by atoms with Crippen molar-refractivity contribution in [2.45, 2.75) is 44.4 Å². The van der Waals surface area contributed by atoms with Crippen molar-refractivity contribution in [3.63, 3.8) is 0 Å². The molecule has 0 radical (unpaired) electrons. The number of nitrogens with zero attached hydrogens (tertiary/aromatic N) is 2. The first-order valence-electron chi connectivity index (χ1n) is 9.30. The first-order chi connectivity index (χ1) is 12.9. The number of aliphatic carboxylic acids is 1. The van der Waals surface area contributed by atoms with Crippen molar-refractivity contribution < 1.29 is 24.2 Å². The van der Waals surface area contributed by atoms with Crippen molar-refractivity contribution in [1.29, 1.82) is 0 Å². The summed E-state index contributed by atoms with van der Waals surface area (Å²) in [4.78, 5) is 40.1. The third-order valence-corrected chi connectivity index (χ3v) is 5.66. The van der Waals surface area contributed by atoms with Crippen LogP contribution in [0.15, 0.2) is 30.3 Å². The molecule has 0 saturated carbocycles. The summed E-state index contributed by atoms with van der Waals surface area (Å²) in [6.07, 6.45) is 0.425.